The van der Waals surface area contributed by atoms with E-state index in [1.165, 1.54) is 0 Å². The number of hydrogen-bond acceptors (Lipinski definition) is 4. The van der Waals surface area contributed by atoms with Crippen LogP contribution in [0.15, 0.2) is 18.2 Å². The van der Waals surface area contributed by atoms with Gasteiger partial charge in [0, 0.05) is 12.6 Å². The van der Waals surface area contributed by atoms with Crippen LogP contribution < -0.4 is 11.1 Å². The third-order valence-corrected chi connectivity index (χ3v) is 3.58. The van der Waals surface area contributed by atoms with Crippen LogP contribution in [0.4, 0.5) is 15.8 Å². The Hall–Kier alpha value is -2.02. The summed E-state index contributed by atoms with van der Waals surface area (Å²) < 4.78 is 13.3. The van der Waals surface area contributed by atoms with Crippen LogP contribution >= 0.6 is 0 Å². The average molecular weight is 283 g/mol. The summed E-state index contributed by atoms with van der Waals surface area (Å²) in [4.78, 5) is 22.2. The first-order chi connectivity index (χ1) is 9.38. The van der Waals surface area contributed by atoms with Crippen molar-refractivity contribution < 1.29 is 14.1 Å². The van der Waals surface area contributed by atoms with E-state index in [0.29, 0.717) is 12.8 Å². The molecule has 1 aromatic rings. The maximum absolute atomic E-state index is 13.3. The summed E-state index contributed by atoms with van der Waals surface area (Å²) in [6, 6.07) is 2.95. The van der Waals surface area contributed by atoms with E-state index in [1.54, 1.807) is 0 Å². The highest BCUT2D eigenvalue weighted by molar-refractivity contribution is 5.95. The number of anilines is 1. The molecule has 0 unspecified atom stereocenters. The maximum Gasteiger partial charge on any atom is 0.274 e. The Morgan fingerprint density at radius 1 is 1.40 bits per heavy atom. The Morgan fingerprint density at radius 2 is 2.00 bits per heavy atom. The number of hydrogen-bond donors (Lipinski definition) is 2. The molecule has 1 aromatic carbocycles. The lowest BCUT2D eigenvalue weighted by atomic mass is 9.81. The SMILES string of the molecule is CCC(CC)(CN)C(=O)Nc1cc(F)cc([N+](=O)[O-])c1. The second kappa shape index (κ2) is 6.42. The fraction of sp³-hybridized carbons (Fsp3) is 0.462. The molecule has 7 heteroatoms. The zero-order valence-electron chi connectivity index (χ0n) is 11.5. The molecule has 0 aromatic heterocycles. The largest absolute Gasteiger partial charge is 0.329 e. The van der Waals surface area contributed by atoms with Crippen LogP contribution in [0.5, 0.6) is 0 Å². The summed E-state index contributed by atoms with van der Waals surface area (Å²) in [5, 5.41) is 13.2. The molecule has 20 heavy (non-hydrogen) atoms. The van der Waals surface area contributed by atoms with Crippen molar-refractivity contribution in [1.29, 1.82) is 0 Å². The Bertz CT molecular complexity index is 507. The van der Waals surface area contributed by atoms with Gasteiger partial charge in [0.2, 0.25) is 5.91 Å². The molecule has 0 spiro atoms. The minimum atomic E-state index is -0.777. The van der Waals surface area contributed by atoms with Crippen molar-refractivity contribution in [2.75, 3.05) is 11.9 Å². The number of halogens is 1. The highest BCUT2D eigenvalue weighted by Gasteiger charge is 2.33. The molecule has 1 rings (SSSR count). The minimum Gasteiger partial charge on any atom is -0.329 e. The molecular weight excluding hydrogens is 265 g/mol. The molecule has 0 heterocycles. The van der Waals surface area contributed by atoms with Gasteiger partial charge in [-0.25, -0.2) is 4.39 Å². The van der Waals surface area contributed by atoms with Gasteiger partial charge in [-0.3, -0.25) is 14.9 Å². The summed E-state index contributed by atoms with van der Waals surface area (Å²) in [5.74, 6) is -1.13. The smallest absolute Gasteiger partial charge is 0.274 e. The number of nitro groups is 1. The van der Waals surface area contributed by atoms with Gasteiger partial charge in [0.05, 0.1) is 22.1 Å². The van der Waals surface area contributed by atoms with Crippen LogP contribution in [0.2, 0.25) is 0 Å². The van der Waals surface area contributed by atoms with Gasteiger partial charge in [0.1, 0.15) is 5.82 Å². The van der Waals surface area contributed by atoms with Crippen molar-refractivity contribution >= 4 is 17.3 Å². The van der Waals surface area contributed by atoms with E-state index >= 15 is 0 Å². The van der Waals surface area contributed by atoms with Gasteiger partial charge in [-0.15, -0.1) is 0 Å². The fourth-order valence-electron chi connectivity index (χ4n) is 1.97. The number of rotatable bonds is 6. The highest BCUT2D eigenvalue weighted by atomic mass is 19.1. The van der Waals surface area contributed by atoms with E-state index in [1.807, 2.05) is 13.8 Å². The lowest BCUT2D eigenvalue weighted by Crippen LogP contribution is -2.41. The maximum atomic E-state index is 13.3. The molecule has 6 nitrogen and oxygen atoms in total. The number of carbonyl (C=O) groups is 1. The van der Waals surface area contributed by atoms with E-state index < -0.39 is 21.8 Å². The third-order valence-electron chi connectivity index (χ3n) is 3.58. The number of carbonyl (C=O) groups excluding carboxylic acids is 1. The van der Waals surface area contributed by atoms with Crippen molar-refractivity contribution in [2.24, 2.45) is 11.1 Å². The normalized spacial score (nSPS) is 11.2. The van der Waals surface area contributed by atoms with E-state index in [0.717, 1.165) is 18.2 Å². The highest BCUT2D eigenvalue weighted by Crippen LogP contribution is 2.28. The topological polar surface area (TPSA) is 98.3 Å². The first-order valence-electron chi connectivity index (χ1n) is 6.35. The van der Waals surface area contributed by atoms with Crippen molar-refractivity contribution in [3.8, 4) is 0 Å². The number of nitrogens with two attached hydrogens (primary N) is 1. The first kappa shape index (κ1) is 16.0. The summed E-state index contributed by atoms with van der Waals surface area (Å²) in [5.41, 5.74) is 4.55. The van der Waals surface area contributed by atoms with E-state index in [4.69, 9.17) is 5.73 Å². The number of benzene rings is 1. The van der Waals surface area contributed by atoms with Crippen molar-refractivity contribution in [3.63, 3.8) is 0 Å². The standard InChI is InChI=1S/C13H18FN3O3/c1-3-13(4-2,8-15)12(18)16-10-5-9(14)6-11(7-10)17(19)20/h5-7H,3-4,8,15H2,1-2H3,(H,16,18). The molecule has 110 valence electrons. The lowest BCUT2D eigenvalue weighted by Gasteiger charge is -2.28. The zero-order chi connectivity index (χ0) is 15.3. The Morgan fingerprint density at radius 3 is 2.45 bits per heavy atom. The zero-order valence-corrected chi connectivity index (χ0v) is 11.5. The summed E-state index contributed by atoms with van der Waals surface area (Å²) >= 11 is 0. The lowest BCUT2D eigenvalue weighted by molar-refractivity contribution is -0.385. The minimum absolute atomic E-state index is 0.0569. The van der Waals surface area contributed by atoms with Crippen LogP contribution in [0.25, 0.3) is 0 Å². The van der Waals surface area contributed by atoms with Crippen LogP contribution in [0.1, 0.15) is 26.7 Å². The molecule has 0 fully saturated rings. The fourth-order valence-corrected chi connectivity index (χ4v) is 1.97. The molecule has 0 bridgehead atoms. The second-order valence-electron chi connectivity index (χ2n) is 4.60. The van der Waals surface area contributed by atoms with E-state index in [2.05, 4.69) is 5.32 Å². The Kier molecular flexibility index (Phi) is 5.15. The van der Waals surface area contributed by atoms with E-state index in [-0.39, 0.29) is 18.1 Å². The predicted molar refractivity (Wildman–Crippen MR) is 73.8 cm³/mol. The molecular formula is C13H18FN3O3. The molecule has 0 radical (unpaired) electrons. The van der Waals surface area contributed by atoms with Crippen molar-refractivity contribution in [1.82, 2.24) is 0 Å². The number of nitro benzene ring substituents is 1. The summed E-state index contributed by atoms with van der Waals surface area (Å²) in [7, 11) is 0. The molecule has 0 saturated carbocycles. The van der Waals surface area contributed by atoms with Crippen LogP contribution in [-0.2, 0) is 4.79 Å². The van der Waals surface area contributed by atoms with Crippen molar-refractivity contribution in [3.05, 3.63) is 34.1 Å². The second-order valence-corrected chi connectivity index (χ2v) is 4.60. The number of amides is 1. The molecule has 0 aliphatic heterocycles. The predicted octanol–water partition coefficient (Wildman–Crippen LogP) is 2.44. The molecule has 0 atom stereocenters. The number of nitrogens with one attached hydrogen (secondary N) is 1. The third kappa shape index (κ3) is 3.30. The molecule has 1 amide bonds. The monoisotopic (exact) mass is 283 g/mol. The van der Waals surface area contributed by atoms with Crippen LogP contribution in [-0.4, -0.2) is 17.4 Å². The van der Waals surface area contributed by atoms with Gasteiger partial charge >= 0.3 is 0 Å². The Labute approximate surface area is 116 Å². The van der Waals surface area contributed by atoms with E-state index in [9.17, 15) is 19.3 Å². The van der Waals surface area contributed by atoms with Gasteiger partial charge < -0.3 is 11.1 Å². The van der Waals surface area contributed by atoms with Crippen molar-refractivity contribution in [2.45, 2.75) is 26.7 Å². The molecule has 0 aliphatic rings. The molecule has 3 N–H and O–H groups in total. The molecule has 0 saturated heterocycles. The molecule has 0 aliphatic carbocycles. The van der Waals surface area contributed by atoms with Gasteiger partial charge in [0.25, 0.3) is 5.69 Å². The summed E-state index contributed by atoms with van der Waals surface area (Å²) in [6.45, 7) is 3.83. The number of non-ortho nitro benzene ring substituents is 1. The van der Waals surface area contributed by atoms with Gasteiger partial charge in [-0.1, -0.05) is 13.8 Å². The quantitative estimate of drug-likeness (QED) is 0.618. The summed E-state index contributed by atoms with van der Waals surface area (Å²) in [6.07, 6.45) is 1.06. The van der Waals surface area contributed by atoms with Crippen LogP contribution in [0, 0.1) is 21.3 Å². The number of nitrogens with zero attached hydrogens (tertiary/aromatic N) is 1. The van der Waals surface area contributed by atoms with Gasteiger partial charge in [-0.05, 0) is 18.9 Å². The van der Waals surface area contributed by atoms with Gasteiger partial charge in [0.15, 0.2) is 0 Å². The van der Waals surface area contributed by atoms with Crippen LogP contribution in [0.3, 0.4) is 0 Å². The van der Waals surface area contributed by atoms with Gasteiger partial charge in [-0.2, -0.15) is 0 Å². The first-order valence-corrected chi connectivity index (χ1v) is 6.35. The Balaban J connectivity index is 3.04. The average Bonchev–Trinajstić information content (AvgIpc) is 2.40.